The predicted octanol–water partition coefficient (Wildman–Crippen LogP) is 2.19. The van der Waals surface area contributed by atoms with Crippen LogP contribution in [0.2, 0.25) is 0 Å². The second-order valence-electron chi connectivity index (χ2n) is 5.78. The molecule has 5 heteroatoms. The Bertz CT molecular complexity index is 473. The van der Waals surface area contributed by atoms with Gasteiger partial charge in [0.05, 0.1) is 0 Å². The van der Waals surface area contributed by atoms with Gasteiger partial charge in [0.25, 0.3) is 0 Å². The number of hydrogen-bond donors (Lipinski definition) is 1. The third kappa shape index (κ3) is 5.07. The zero-order valence-electron chi connectivity index (χ0n) is 13.2. The lowest BCUT2D eigenvalue weighted by Crippen LogP contribution is -2.40. The fraction of sp³-hybridized carbons (Fsp3) is 0.588. The number of carbonyl (C=O) groups excluding carboxylic acids is 1. The number of likely N-dealkylation sites (tertiary alicyclic amines) is 1. The zero-order valence-corrected chi connectivity index (χ0v) is 13.2. The average molecular weight is 308 g/mol. The van der Waals surface area contributed by atoms with E-state index >= 15 is 0 Å². The van der Waals surface area contributed by atoms with Crippen molar-refractivity contribution in [1.82, 2.24) is 10.2 Å². The summed E-state index contributed by atoms with van der Waals surface area (Å²) in [5, 5.41) is 2.96. The van der Waals surface area contributed by atoms with Crippen molar-refractivity contribution in [2.24, 2.45) is 5.92 Å². The first kappa shape index (κ1) is 16.9. The molecule has 1 N–H and O–H groups in total. The standard InChI is InChI=1S/C17H25FN2O2/c1-22-12-4-9-19-17(21)14-7-10-20(11-8-14)13-15-5-2-3-6-16(15)18/h2-3,5-6,14H,4,7-13H2,1H3,(H,19,21). The van der Waals surface area contributed by atoms with Crippen molar-refractivity contribution in [3.05, 3.63) is 35.6 Å². The van der Waals surface area contributed by atoms with E-state index < -0.39 is 0 Å². The van der Waals surface area contributed by atoms with Gasteiger partial charge in [-0.3, -0.25) is 9.69 Å². The molecule has 1 aromatic carbocycles. The number of benzene rings is 1. The molecule has 0 spiro atoms. The Kier molecular flexibility index (Phi) is 6.80. The second-order valence-corrected chi connectivity index (χ2v) is 5.78. The Morgan fingerprint density at radius 1 is 1.36 bits per heavy atom. The van der Waals surface area contributed by atoms with E-state index in [1.54, 1.807) is 13.2 Å². The number of nitrogens with one attached hydrogen (secondary N) is 1. The number of hydrogen-bond acceptors (Lipinski definition) is 3. The van der Waals surface area contributed by atoms with Crippen LogP contribution < -0.4 is 5.32 Å². The molecule has 0 atom stereocenters. The SMILES string of the molecule is COCCCNC(=O)C1CCN(Cc2ccccc2F)CC1. The molecule has 22 heavy (non-hydrogen) atoms. The summed E-state index contributed by atoms with van der Waals surface area (Å²) in [7, 11) is 1.66. The topological polar surface area (TPSA) is 41.6 Å². The minimum Gasteiger partial charge on any atom is -0.385 e. The van der Waals surface area contributed by atoms with E-state index in [0.29, 0.717) is 19.7 Å². The van der Waals surface area contributed by atoms with Crippen LogP contribution in [0.5, 0.6) is 0 Å². The molecule has 1 fully saturated rings. The van der Waals surface area contributed by atoms with Gasteiger partial charge in [-0.05, 0) is 38.4 Å². The van der Waals surface area contributed by atoms with Crippen molar-refractivity contribution in [3.8, 4) is 0 Å². The molecular formula is C17H25FN2O2. The number of amides is 1. The van der Waals surface area contributed by atoms with E-state index in [9.17, 15) is 9.18 Å². The van der Waals surface area contributed by atoms with Gasteiger partial charge in [-0.2, -0.15) is 0 Å². The second kappa shape index (κ2) is 8.86. The van der Waals surface area contributed by atoms with Crippen LogP contribution in [0.3, 0.4) is 0 Å². The first-order valence-corrected chi connectivity index (χ1v) is 7.93. The summed E-state index contributed by atoms with van der Waals surface area (Å²) in [6.07, 6.45) is 2.52. The predicted molar refractivity (Wildman–Crippen MR) is 83.9 cm³/mol. The van der Waals surface area contributed by atoms with Crippen molar-refractivity contribution in [2.45, 2.75) is 25.8 Å². The van der Waals surface area contributed by atoms with Crippen LogP contribution in [0.4, 0.5) is 4.39 Å². The number of nitrogens with zero attached hydrogens (tertiary/aromatic N) is 1. The molecule has 1 aliphatic rings. The summed E-state index contributed by atoms with van der Waals surface area (Å²) in [6, 6.07) is 6.89. The molecule has 1 heterocycles. The van der Waals surface area contributed by atoms with Gasteiger partial charge in [-0.15, -0.1) is 0 Å². The zero-order chi connectivity index (χ0) is 15.8. The van der Waals surface area contributed by atoms with Crippen LogP contribution in [0.1, 0.15) is 24.8 Å². The summed E-state index contributed by atoms with van der Waals surface area (Å²) in [4.78, 5) is 14.3. The molecule has 0 saturated carbocycles. The van der Waals surface area contributed by atoms with Gasteiger partial charge in [0.1, 0.15) is 5.82 Å². The Labute approximate surface area is 131 Å². The lowest BCUT2D eigenvalue weighted by molar-refractivity contribution is -0.126. The molecule has 1 saturated heterocycles. The van der Waals surface area contributed by atoms with E-state index in [4.69, 9.17) is 4.74 Å². The molecule has 2 rings (SSSR count). The van der Waals surface area contributed by atoms with Gasteiger partial charge in [-0.1, -0.05) is 18.2 Å². The Morgan fingerprint density at radius 2 is 2.09 bits per heavy atom. The van der Waals surface area contributed by atoms with Crippen molar-refractivity contribution in [1.29, 1.82) is 0 Å². The van der Waals surface area contributed by atoms with Gasteiger partial charge < -0.3 is 10.1 Å². The Balaban J connectivity index is 1.71. The smallest absolute Gasteiger partial charge is 0.223 e. The summed E-state index contributed by atoms with van der Waals surface area (Å²) in [5.74, 6) is 0.0709. The number of halogens is 1. The molecule has 0 aromatic heterocycles. The lowest BCUT2D eigenvalue weighted by Gasteiger charge is -2.31. The summed E-state index contributed by atoms with van der Waals surface area (Å²) in [5.41, 5.74) is 0.727. The molecule has 0 bridgehead atoms. The van der Waals surface area contributed by atoms with Crippen LogP contribution in [0.25, 0.3) is 0 Å². The lowest BCUT2D eigenvalue weighted by atomic mass is 9.95. The summed E-state index contributed by atoms with van der Waals surface area (Å²) < 4.78 is 18.6. The molecule has 0 unspecified atom stereocenters. The van der Waals surface area contributed by atoms with Crippen LogP contribution in [-0.2, 0) is 16.1 Å². The molecule has 1 aromatic rings. The highest BCUT2D eigenvalue weighted by atomic mass is 19.1. The van der Waals surface area contributed by atoms with Gasteiger partial charge in [0, 0.05) is 38.3 Å². The fourth-order valence-corrected chi connectivity index (χ4v) is 2.79. The summed E-state index contributed by atoms with van der Waals surface area (Å²) >= 11 is 0. The van der Waals surface area contributed by atoms with Crippen LogP contribution in [-0.4, -0.2) is 44.2 Å². The van der Waals surface area contributed by atoms with Crippen LogP contribution >= 0.6 is 0 Å². The highest BCUT2D eigenvalue weighted by Crippen LogP contribution is 2.20. The number of piperidine rings is 1. The molecule has 0 radical (unpaired) electrons. The highest BCUT2D eigenvalue weighted by molar-refractivity contribution is 5.78. The molecule has 122 valence electrons. The van der Waals surface area contributed by atoms with Crippen LogP contribution in [0.15, 0.2) is 24.3 Å². The van der Waals surface area contributed by atoms with Crippen LogP contribution in [0, 0.1) is 11.7 Å². The van der Waals surface area contributed by atoms with E-state index in [2.05, 4.69) is 10.2 Å². The maximum absolute atomic E-state index is 13.7. The summed E-state index contributed by atoms with van der Waals surface area (Å²) in [6.45, 7) is 3.63. The largest absolute Gasteiger partial charge is 0.385 e. The molecule has 1 amide bonds. The van der Waals surface area contributed by atoms with E-state index in [0.717, 1.165) is 37.9 Å². The monoisotopic (exact) mass is 308 g/mol. The average Bonchev–Trinajstić information content (AvgIpc) is 2.54. The van der Waals surface area contributed by atoms with E-state index in [1.165, 1.54) is 6.07 Å². The Hall–Kier alpha value is -1.46. The maximum Gasteiger partial charge on any atom is 0.223 e. The minimum atomic E-state index is -0.152. The number of carbonyl (C=O) groups is 1. The number of methoxy groups -OCH3 is 1. The van der Waals surface area contributed by atoms with Gasteiger partial charge >= 0.3 is 0 Å². The van der Waals surface area contributed by atoms with Gasteiger partial charge in [0.15, 0.2) is 0 Å². The highest BCUT2D eigenvalue weighted by Gasteiger charge is 2.24. The van der Waals surface area contributed by atoms with Crippen molar-refractivity contribution in [3.63, 3.8) is 0 Å². The van der Waals surface area contributed by atoms with Gasteiger partial charge in [0.2, 0.25) is 5.91 Å². The minimum absolute atomic E-state index is 0.0828. The normalized spacial score (nSPS) is 16.6. The quantitative estimate of drug-likeness (QED) is 0.785. The first-order valence-electron chi connectivity index (χ1n) is 7.93. The van der Waals surface area contributed by atoms with E-state index in [1.807, 2.05) is 12.1 Å². The third-order valence-electron chi connectivity index (χ3n) is 4.13. The molecule has 4 nitrogen and oxygen atoms in total. The number of rotatable bonds is 7. The fourth-order valence-electron chi connectivity index (χ4n) is 2.79. The maximum atomic E-state index is 13.7. The molecular weight excluding hydrogens is 283 g/mol. The van der Waals surface area contributed by atoms with Crippen molar-refractivity contribution >= 4 is 5.91 Å². The molecule has 1 aliphatic heterocycles. The third-order valence-corrected chi connectivity index (χ3v) is 4.13. The number of ether oxygens (including phenoxy) is 1. The van der Waals surface area contributed by atoms with E-state index in [-0.39, 0.29) is 17.6 Å². The first-order chi connectivity index (χ1) is 10.7. The van der Waals surface area contributed by atoms with Gasteiger partial charge in [-0.25, -0.2) is 4.39 Å². The van der Waals surface area contributed by atoms with Crippen molar-refractivity contribution < 1.29 is 13.9 Å². The molecule has 0 aliphatic carbocycles. The Morgan fingerprint density at radius 3 is 2.77 bits per heavy atom. The van der Waals surface area contributed by atoms with Crippen molar-refractivity contribution in [2.75, 3.05) is 33.4 Å².